The number of hydrogen-bond acceptors (Lipinski definition) is 2. The van der Waals surface area contributed by atoms with Crippen LogP contribution in [0, 0.1) is 0 Å². The molecule has 0 N–H and O–H groups in total. The van der Waals surface area contributed by atoms with Crippen LogP contribution in [-0.4, -0.2) is 34.5 Å². The van der Waals surface area contributed by atoms with Crippen LogP contribution in [0.25, 0.3) is 0 Å². The minimum Gasteiger partial charge on any atom is -0.294 e. The van der Waals surface area contributed by atoms with Crippen molar-refractivity contribution in [3.63, 3.8) is 0 Å². The van der Waals surface area contributed by atoms with Crippen molar-refractivity contribution < 1.29 is 0 Å². The molecule has 1 heterocycles. The van der Waals surface area contributed by atoms with Gasteiger partial charge in [-0.1, -0.05) is 13.3 Å². The zero-order valence-corrected chi connectivity index (χ0v) is 11.2. The summed E-state index contributed by atoms with van der Waals surface area (Å²) < 4.78 is 0. The third kappa shape index (κ3) is 2.90. The molecule has 2 atom stereocenters. The Hall–Kier alpha value is 0.310. The first-order valence-electron chi connectivity index (χ1n) is 5.76. The van der Waals surface area contributed by atoms with Crippen LogP contribution in [0.1, 0.15) is 47.0 Å². The van der Waals surface area contributed by atoms with Gasteiger partial charge in [0.05, 0.1) is 0 Å². The van der Waals surface area contributed by atoms with Crippen molar-refractivity contribution in [2.24, 2.45) is 0 Å². The summed E-state index contributed by atoms with van der Waals surface area (Å²) >= 11 is 2.01. The average Bonchev–Trinajstić information content (AvgIpc) is 2.15. The number of rotatable bonds is 2. The molecule has 14 heavy (non-hydrogen) atoms. The van der Waals surface area contributed by atoms with E-state index in [0.29, 0.717) is 5.54 Å². The molecule has 1 nitrogen and oxygen atoms in total. The Morgan fingerprint density at radius 2 is 1.93 bits per heavy atom. The fraction of sp³-hybridized carbons (Fsp3) is 1.00. The monoisotopic (exact) mass is 215 g/mol. The van der Waals surface area contributed by atoms with Gasteiger partial charge in [-0.05, 0) is 46.4 Å². The van der Waals surface area contributed by atoms with Crippen LogP contribution in [0.2, 0.25) is 0 Å². The van der Waals surface area contributed by atoms with Crippen molar-refractivity contribution in [3.8, 4) is 0 Å². The summed E-state index contributed by atoms with van der Waals surface area (Å²) in [6.07, 6.45) is 6.43. The molecule has 0 aromatic heterocycles. The van der Waals surface area contributed by atoms with E-state index in [1.54, 1.807) is 0 Å². The summed E-state index contributed by atoms with van der Waals surface area (Å²) in [7, 11) is 0. The summed E-state index contributed by atoms with van der Waals surface area (Å²) in [6.45, 7) is 10.7. The quantitative estimate of drug-likeness (QED) is 0.694. The van der Waals surface area contributed by atoms with E-state index in [1.807, 2.05) is 11.8 Å². The molecular formula is C12H25NS. The van der Waals surface area contributed by atoms with Gasteiger partial charge in [0.2, 0.25) is 0 Å². The second-order valence-electron chi connectivity index (χ2n) is 5.37. The lowest BCUT2D eigenvalue weighted by molar-refractivity contribution is 0.0525. The van der Waals surface area contributed by atoms with Crippen LogP contribution >= 0.6 is 11.8 Å². The number of likely N-dealkylation sites (tertiary alicyclic amines) is 1. The molecule has 0 aromatic rings. The predicted octanol–water partition coefficient (Wildman–Crippen LogP) is 3.39. The zero-order chi connectivity index (χ0) is 10.8. The first-order valence-corrected chi connectivity index (χ1v) is 7.05. The first kappa shape index (κ1) is 12.4. The van der Waals surface area contributed by atoms with Gasteiger partial charge in [0.1, 0.15) is 0 Å². The van der Waals surface area contributed by atoms with Crippen molar-refractivity contribution in [1.82, 2.24) is 4.90 Å². The Bertz CT molecular complexity index is 174. The van der Waals surface area contributed by atoms with E-state index >= 15 is 0 Å². The molecule has 0 radical (unpaired) electrons. The van der Waals surface area contributed by atoms with Crippen LogP contribution in [0.3, 0.4) is 0 Å². The van der Waals surface area contributed by atoms with E-state index in [0.717, 1.165) is 11.3 Å². The van der Waals surface area contributed by atoms with Gasteiger partial charge in [0, 0.05) is 16.8 Å². The Labute approximate surface area is 93.6 Å². The highest BCUT2D eigenvalue weighted by Crippen LogP contribution is 2.30. The third-order valence-corrected chi connectivity index (χ3v) is 4.38. The summed E-state index contributed by atoms with van der Waals surface area (Å²) in [5, 5.41) is 0.773. The third-order valence-electron chi connectivity index (χ3n) is 3.32. The van der Waals surface area contributed by atoms with E-state index in [1.165, 1.54) is 25.8 Å². The first-order chi connectivity index (χ1) is 6.46. The maximum atomic E-state index is 2.71. The lowest BCUT2D eigenvalue weighted by Gasteiger charge is -2.46. The molecule has 0 aliphatic carbocycles. The predicted molar refractivity (Wildman–Crippen MR) is 67.1 cm³/mol. The topological polar surface area (TPSA) is 3.24 Å². The van der Waals surface area contributed by atoms with Crippen LogP contribution in [0.5, 0.6) is 0 Å². The molecule has 1 saturated heterocycles. The van der Waals surface area contributed by atoms with Crippen molar-refractivity contribution in [2.75, 3.05) is 12.8 Å². The standard InChI is InChI=1S/C12H25NS/c1-10(14-5)11-8-6-7-9-13(11)12(2,3)4/h10-11H,6-9H2,1-5H3. The summed E-state index contributed by atoms with van der Waals surface area (Å²) in [6, 6.07) is 0.791. The second kappa shape index (κ2) is 4.89. The smallest absolute Gasteiger partial charge is 0.0217 e. The van der Waals surface area contributed by atoms with Crippen LogP contribution in [0.15, 0.2) is 0 Å². The summed E-state index contributed by atoms with van der Waals surface area (Å²) in [4.78, 5) is 2.71. The lowest BCUT2D eigenvalue weighted by Crippen LogP contribution is -2.53. The SMILES string of the molecule is CSC(C)C1CCCCN1C(C)(C)C. The Morgan fingerprint density at radius 3 is 2.43 bits per heavy atom. The fourth-order valence-corrected chi connectivity index (χ4v) is 3.03. The lowest BCUT2D eigenvalue weighted by atomic mass is 9.93. The van der Waals surface area contributed by atoms with Gasteiger partial charge in [0.25, 0.3) is 0 Å². The Morgan fingerprint density at radius 1 is 1.29 bits per heavy atom. The van der Waals surface area contributed by atoms with E-state index < -0.39 is 0 Å². The molecule has 84 valence electrons. The van der Waals surface area contributed by atoms with Gasteiger partial charge in [-0.25, -0.2) is 0 Å². The van der Waals surface area contributed by atoms with Gasteiger partial charge in [0.15, 0.2) is 0 Å². The molecule has 2 heteroatoms. The average molecular weight is 215 g/mol. The van der Waals surface area contributed by atoms with Gasteiger partial charge in [-0.15, -0.1) is 0 Å². The highest BCUT2D eigenvalue weighted by atomic mass is 32.2. The summed E-state index contributed by atoms with van der Waals surface area (Å²) in [5.74, 6) is 0. The van der Waals surface area contributed by atoms with Crippen molar-refractivity contribution in [2.45, 2.75) is 63.8 Å². The molecule has 0 saturated carbocycles. The van der Waals surface area contributed by atoms with Gasteiger partial charge in [-0.2, -0.15) is 11.8 Å². The zero-order valence-electron chi connectivity index (χ0n) is 10.3. The van der Waals surface area contributed by atoms with E-state index in [9.17, 15) is 0 Å². The number of thioether (sulfide) groups is 1. The van der Waals surface area contributed by atoms with Crippen LogP contribution in [-0.2, 0) is 0 Å². The molecule has 1 aliphatic rings. The van der Waals surface area contributed by atoms with E-state index in [4.69, 9.17) is 0 Å². The van der Waals surface area contributed by atoms with E-state index in [-0.39, 0.29) is 0 Å². The molecule has 1 rings (SSSR count). The number of hydrogen-bond donors (Lipinski definition) is 0. The largest absolute Gasteiger partial charge is 0.294 e. The Kier molecular flexibility index (Phi) is 4.32. The fourth-order valence-electron chi connectivity index (χ4n) is 2.44. The second-order valence-corrected chi connectivity index (χ2v) is 6.58. The van der Waals surface area contributed by atoms with Crippen molar-refractivity contribution in [3.05, 3.63) is 0 Å². The highest BCUT2D eigenvalue weighted by molar-refractivity contribution is 7.99. The molecule has 0 spiro atoms. The van der Waals surface area contributed by atoms with Crippen molar-refractivity contribution >= 4 is 11.8 Å². The Balaban J connectivity index is 2.69. The molecular weight excluding hydrogens is 190 g/mol. The minimum absolute atomic E-state index is 0.342. The molecule has 2 unspecified atom stereocenters. The maximum Gasteiger partial charge on any atom is 0.0217 e. The minimum atomic E-state index is 0.342. The number of piperidine rings is 1. The molecule has 0 aromatic carbocycles. The van der Waals surface area contributed by atoms with Crippen LogP contribution < -0.4 is 0 Å². The molecule has 0 bridgehead atoms. The maximum absolute atomic E-state index is 2.71. The van der Waals surface area contributed by atoms with Crippen molar-refractivity contribution in [1.29, 1.82) is 0 Å². The molecule has 0 amide bonds. The van der Waals surface area contributed by atoms with Crippen LogP contribution in [0.4, 0.5) is 0 Å². The highest BCUT2D eigenvalue weighted by Gasteiger charge is 2.33. The summed E-state index contributed by atoms with van der Waals surface area (Å²) in [5.41, 5.74) is 0.342. The van der Waals surface area contributed by atoms with E-state index in [2.05, 4.69) is 38.9 Å². The van der Waals surface area contributed by atoms with Gasteiger partial charge < -0.3 is 0 Å². The number of nitrogens with zero attached hydrogens (tertiary/aromatic N) is 1. The molecule has 1 aliphatic heterocycles. The van der Waals surface area contributed by atoms with Gasteiger partial charge in [-0.3, -0.25) is 4.90 Å². The normalized spacial score (nSPS) is 27.6. The molecule has 1 fully saturated rings. The van der Waals surface area contributed by atoms with Gasteiger partial charge >= 0.3 is 0 Å².